The third-order valence-electron chi connectivity index (χ3n) is 10.8. The maximum absolute atomic E-state index is 11.3. The van der Waals surface area contributed by atoms with Crippen molar-refractivity contribution in [2.45, 2.75) is 138 Å². The van der Waals surface area contributed by atoms with Crippen LogP contribution in [0.25, 0.3) is 0 Å². The fourth-order valence-corrected chi connectivity index (χ4v) is 7.49. The highest BCUT2D eigenvalue weighted by Gasteiger charge is 2.35. The van der Waals surface area contributed by atoms with Crippen molar-refractivity contribution < 1.29 is 9.84 Å². The van der Waals surface area contributed by atoms with Crippen molar-refractivity contribution in [3.05, 3.63) is 58.1 Å². The SMILES string of the molecule is Cc1c(C)c2c(c(CN3CCN(Cc4ccccc4)CC3)c1O)CCC(C)(CCCC(C)CCCC(C)CCCC(C)C)O2. The molecule has 4 nitrogen and oxygen atoms in total. The summed E-state index contributed by atoms with van der Waals surface area (Å²) in [6.45, 7) is 22.1. The molecule has 2 heterocycles. The normalized spacial score (nSPS) is 20.8. The number of hydrogen-bond donors (Lipinski definition) is 1. The Morgan fingerprint density at radius 2 is 1.34 bits per heavy atom. The molecule has 1 fully saturated rings. The zero-order valence-corrected chi connectivity index (χ0v) is 29.4. The third kappa shape index (κ3) is 9.98. The Hall–Kier alpha value is -2.04. The lowest BCUT2D eigenvalue weighted by atomic mass is 9.83. The molecule has 2 aromatic carbocycles. The van der Waals surface area contributed by atoms with Gasteiger partial charge in [0.1, 0.15) is 17.1 Å². The summed E-state index contributed by atoms with van der Waals surface area (Å²) in [4.78, 5) is 5.07. The van der Waals surface area contributed by atoms with E-state index >= 15 is 0 Å². The van der Waals surface area contributed by atoms with Crippen LogP contribution < -0.4 is 4.74 Å². The molecule has 2 aliphatic rings. The summed E-state index contributed by atoms with van der Waals surface area (Å²) in [6.07, 6.45) is 13.9. The molecule has 4 rings (SSSR count). The van der Waals surface area contributed by atoms with E-state index in [4.69, 9.17) is 4.74 Å². The smallest absolute Gasteiger partial charge is 0.127 e. The molecule has 2 aliphatic heterocycles. The maximum atomic E-state index is 11.3. The molecule has 0 bridgehead atoms. The highest BCUT2D eigenvalue weighted by Crippen LogP contribution is 2.45. The van der Waals surface area contributed by atoms with Gasteiger partial charge in [-0.05, 0) is 80.9 Å². The van der Waals surface area contributed by atoms with E-state index in [1.54, 1.807) is 0 Å². The average Bonchev–Trinajstić information content (AvgIpc) is 2.99. The Kier molecular flexibility index (Phi) is 13.1. The molecule has 3 atom stereocenters. The first-order chi connectivity index (χ1) is 21.0. The van der Waals surface area contributed by atoms with Gasteiger partial charge in [0.25, 0.3) is 0 Å². The minimum atomic E-state index is -0.119. The van der Waals surface area contributed by atoms with Crippen LogP contribution in [-0.2, 0) is 19.5 Å². The molecule has 0 saturated carbocycles. The van der Waals surface area contributed by atoms with Gasteiger partial charge in [-0.2, -0.15) is 0 Å². The summed E-state index contributed by atoms with van der Waals surface area (Å²) in [5.41, 5.74) is 5.73. The number of fused-ring (bicyclic) bond motifs is 1. The van der Waals surface area contributed by atoms with Crippen molar-refractivity contribution >= 4 is 0 Å². The summed E-state index contributed by atoms with van der Waals surface area (Å²) in [5.74, 6) is 4.05. The highest BCUT2D eigenvalue weighted by atomic mass is 16.5. The van der Waals surface area contributed by atoms with Gasteiger partial charge >= 0.3 is 0 Å². The lowest BCUT2D eigenvalue weighted by molar-refractivity contribution is 0.0505. The van der Waals surface area contributed by atoms with Crippen LogP contribution in [0.2, 0.25) is 0 Å². The molecule has 1 saturated heterocycles. The van der Waals surface area contributed by atoms with Crippen LogP contribution in [0, 0.1) is 31.6 Å². The van der Waals surface area contributed by atoms with E-state index in [1.165, 1.54) is 62.5 Å². The Morgan fingerprint density at radius 3 is 1.95 bits per heavy atom. The highest BCUT2D eigenvalue weighted by molar-refractivity contribution is 5.59. The number of benzene rings is 2. The second-order valence-corrected chi connectivity index (χ2v) is 15.3. The minimum Gasteiger partial charge on any atom is -0.507 e. The summed E-state index contributed by atoms with van der Waals surface area (Å²) < 4.78 is 6.91. The first kappa shape index (κ1) is 34.8. The number of phenolic OH excluding ortho intramolecular Hbond substituents is 1. The Bertz CT molecular complexity index is 1150. The van der Waals surface area contributed by atoms with Gasteiger partial charge in [-0.3, -0.25) is 9.80 Å². The number of piperazine rings is 1. The topological polar surface area (TPSA) is 35.9 Å². The molecule has 0 aliphatic carbocycles. The Balaban J connectivity index is 1.26. The third-order valence-corrected chi connectivity index (χ3v) is 10.8. The first-order valence-corrected chi connectivity index (χ1v) is 18.1. The van der Waals surface area contributed by atoms with Gasteiger partial charge in [0.05, 0.1) is 0 Å². The van der Waals surface area contributed by atoms with Gasteiger partial charge in [-0.15, -0.1) is 0 Å². The van der Waals surface area contributed by atoms with E-state index < -0.39 is 0 Å². The standard InChI is InChI=1S/C40H64N2O2/c1-30(2)14-11-15-31(3)16-12-17-32(4)18-13-22-40(7)23-21-36-37(38(43)33(5)34(6)39(36)44-40)29-42-26-24-41(25-27-42)28-35-19-9-8-10-20-35/h8-10,19-20,30-32,43H,11-18,21-29H2,1-7H3. The molecule has 0 aromatic heterocycles. The van der Waals surface area contributed by atoms with Crippen LogP contribution in [0.5, 0.6) is 11.5 Å². The van der Waals surface area contributed by atoms with Crippen molar-refractivity contribution in [2.24, 2.45) is 17.8 Å². The Labute approximate surface area is 270 Å². The first-order valence-electron chi connectivity index (χ1n) is 18.1. The summed E-state index contributed by atoms with van der Waals surface area (Å²) in [6, 6.07) is 10.8. The average molecular weight is 605 g/mol. The minimum absolute atomic E-state index is 0.119. The van der Waals surface area contributed by atoms with E-state index in [9.17, 15) is 5.11 Å². The summed E-state index contributed by atoms with van der Waals surface area (Å²) >= 11 is 0. The molecule has 3 unspecified atom stereocenters. The van der Waals surface area contributed by atoms with E-state index in [2.05, 4.69) is 88.6 Å². The van der Waals surface area contributed by atoms with Crippen molar-refractivity contribution in [1.82, 2.24) is 9.80 Å². The van der Waals surface area contributed by atoms with Crippen LogP contribution in [0.4, 0.5) is 0 Å². The second-order valence-electron chi connectivity index (χ2n) is 15.3. The van der Waals surface area contributed by atoms with E-state index in [1.807, 2.05) is 0 Å². The molecule has 0 spiro atoms. The number of hydrogen-bond acceptors (Lipinski definition) is 4. The van der Waals surface area contributed by atoms with Crippen LogP contribution in [0.3, 0.4) is 0 Å². The van der Waals surface area contributed by atoms with Crippen molar-refractivity contribution in [2.75, 3.05) is 26.2 Å². The van der Waals surface area contributed by atoms with Gasteiger partial charge < -0.3 is 9.84 Å². The predicted molar refractivity (Wildman–Crippen MR) is 187 cm³/mol. The predicted octanol–water partition coefficient (Wildman–Crippen LogP) is 9.85. The van der Waals surface area contributed by atoms with Crippen LogP contribution in [0.15, 0.2) is 30.3 Å². The van der Waals surface area contributed by atoms with Crippen LogP contribution in [-0.4, -0.2) is 46.7 Å². The van der Waals surface area contributed by atoms with Gasteiger partial charge in [-0.25, -0.2) is 0 Å². The molecular formula is C40H64N2O2. The zero-order valence-electron chi connectivity index (χ0n) is 29.4. The number of phenols is 1. The van der Waals surface area contributed by atoms with Gasteiger partial charge in [0, 0.05) is 50.4 Å². The van der Waals surface area contributed by atoms with Crippen molar-refractivity contribution in [3.8, 4) is 11.5 Å². The maximum Gasteiger partial charge on any atom is 0.127 e. The van der Waals surface area contributed by atoms with Crippen LogP contribution in [0.1, 0.15) is 127 Å². The van der Waals surface area contributed by atoms with Crippen molar-refractivity contribution in [1.29, 1.82) is 0 Å². The molecular weight excluding hydrogens is 540 g/mol. The second kappa shape index (κ2) is 16.5. The van der Waals surface area contributed by atoms with E-state index in [-0.39, 0.29) is 5.60 Å². The van der Waals surface area contributed by atoms with Gasteiger partial charge in [0.15, 0.2) is 0 Å². The quantitative estimate of drug-likeness (QED) is 0.207. The molecule has 1 N–H and O–H groups in total. The lowest BCUT2D eigenvalue weighted by Gasteiger charge is -2.40. The zero-order chi connectivity index (χ0) is 31.7. The van der Waals surface area contributed by atoms with E-state index in [0.717, 1.165) is 98.7 Å². The van der Waals surface area contributed by atoms with Crippen LogP contribution >= 0.6 is 0 Å². The fraction of sp³-hybridized carbons (Fsp3) is 0.700. The largest absolute Gasteiger partial charge is 0.507 e. The summed E-state index contributed by atoms with van der Waals surface area (Å²) in [5, 5.41) is 11.3. The monoisotopic (exact) mass is 604 g/mol. The summed E-state index contributed by atoms with van der Waals surface area (Å²) in [7, 11) is 0. The molecule has 0 radical (unpaired) electrons. The van der Waals surface area contributed by atoms with E-state index in [0.29, 0.717) is 5.75 Å². The fourth-order valence-electron chi connectivity index (χ4n) is 7.49. The van der Waals surface area contributed by atoms with Gasteiger partial charge in [0.2, 0.25) is 0 Å². The molecule has 0 amide bonds. The Morgan fingerprint density at radius 1 is 0.773 bits per heavy atom. The van der Waals surface area contributed by atoms with Crippen molar-refractivity contribution in [3.63, 3.8) is 0 Å². The molecule has 246 valence electrons. The van der Waals surface area contributed by atoms with Gasteiger partial charge in [-0.1, -0.05) is 103 Å². The lowest BCUT2D eigenvalue weighted by Crippen LogP contribution is -2.45. The number of rotatable bonds is 16. The number of ether oxygens (including phenoxy) is 1. The number of aromatic hydroxyl groups is 1. The molecule has 4 heteroatoms. The number of nitrogens with zero attached hydrogens (tertiary/aromatic N) is 2. The molecule has 2 aromatic rings. The molecule has 44 heavy (non-hydrogen) atoms.